The number of carbonyl (C=O) groups excluding carboxylic acids is 3. The predicted octanol–water partition coefficient (Wildman–Crippen LogP) is 3.69. The summed E-state index contributed by atoms with van der Waals surface area (Å²) in [5.74, 6) is -1.52. The van der Waals surface area contributed by atoms with Gasteiger partial charge in [0.05, 0.1) is 17.4 Å². The average molecular weight is 544 g/mol. The lowest BCUT2D eigenvalue weighted by Gasteiger charge is -2.41. The van der Waals surface area contributed by atoms with Crippen molar-refractivity contribution in [3.63, 3.8) is 0 Å². The van der Waals surface area contributed by atoms with Gasteiger partial charge in [-0.05, 0) is 44.9 Å². The number of likely N-dealkylation sites (tertiary alicyclic amines) is 1. The van der Waals surface area contributed by atoms with Gasteiger partial charge < -0.3 is 24.5 Å². The van der Waals surface area contributed by atoms with Crippen LogP contribution in [0.2, 0.25) is 0 Å². The van der Waals surface area contributed by atoms with E-state index in [1.165, 1.54) is 6.42 Å². The molecule has 218 valence electrons. The van der Waals surface area contributed by atoms with E-state index in [9.17, 15) is 19.5 Å². The number of unbranched alkanes of at least 4 members (excludes halogenated alkanes) is 3. The van der Waals surface area contributed by atoms with Crippen molar-refractivity contribution in [3.05, 3.63) is 25.3 Å². The smallest absolute Gasteiger partial charge is 0.248 e. The fraction of sp³-hybridized carbons (Fsp3) is 0.774. The van der Waals surface area contributed by atoms with Crippen LogP contribution in [0.15, 0.2) is 25.3 Å². The van der Waals surface area contributed by atoms with Crippen molar-refractivity contribution in [1.82, 2.24) is 14.7 Å². The van der Waals surface area contributed by atoms with Crippen molar-refractivity contribution in [2.75, 3.05) is 33.3 Å². The molecule has 1 saturated carbocycles. The number of nitrogens with zero attached hydrogens (tertiary/aromatic N) is 3. The highest BCUT2D eigenvalue weighted by Crippen LogP contribution is 2.64. The van der Waals surface area contributed by atoms with Gasteiger partial charge >= 0.3 is 0 Å². The average Bonchev–Trinajstić information content (AvgIpc) is 3.55. The van der Waals surface area contributed by atoms with Gasteiger partial charge in [-0.1, -0.05) is 51.2 Å². The van der Waals surface area contributed by atoms with Crippen molar-refractivity contribution in [3.8, 4) is 0 Å². The summed E-state index contributed by atoms with van der Waals surface area (Å²) in [6.07, 6.45) is 13.9. The summed E-state index contributed by atoms with van der Waals surface area (Å²) in [6.45, 7) is 11.2. The van der Waals surface area contributed by atoms with Gasteiger partial charge in [0.2, 0.25) is 17.7 Å². The van der Waals surface area contributed by atoms with Gasteiger partial charge in [-0.15, -0.1) is 13.2 Å². The number of amides is 3. The first-order chi connectivity index (χ1) is 18.8. The molecular formula is C31H49N3O5. The van der Waals surface area contributed by atoms with Crippen LogP contribution >= 0.6 is 0 Å². The van der Waals surface area contributed by atoms with Crippen molar-refractivity contribution >= 4 is 17.7 Å². The summed E-state index contributed by atoms with van der Waals surface area (Å²) < 4.78 is 6.94. The molecule has 1 spiro atoms. The molecule has 4 rings (SSSR count). The molecule has 0 aromatic rings. The Morgan fingerprint density at radius 3 is 2.38 bits per heavy atom. The Hall–Kier alpha value is -2.19. The van der Waals surface area contributed by atoms with Crippen LogP contribution in [-0.4, -0.2) is 94.1 Å². The molecule has 2 unspecified atom stereocenters. The largest absolute Gasteiger partial charge is 0.396 e. The zero-order valence-corrected chi connectivity index (χ0v) is 24.1. The Balaban J connectivity index is 1.72. The molecule has 0 radical (unpaired) electrons. The molecule has 4 aliphatic rings. The highest BCUT2D eigenvalue weighted by atomic mass is 16.5. The fourth-order valence-corrected chi connectivity index (χ4v) is 7.99. The number of likely N-dealkylation sites (N-methyl/N-ethyl adjacent to an activating group) is 1. The third-order valence-electron chi connectivity index (χ3n) is 9.89. The van der Waals surface area contributed by atoms with E-state index < -0.39 is 29.1 Å². The van der Waals surface area contributed by atoms with Crippen molar-refractivity contribution in [1.29, 1.82) is 0 Å². The lowest BCUT2D eigenvalue weighted by atomic mass is 9.64. The van der Waals surface area contributed by atoms with Crippen LogP contribution in [0.3, 0.4) is 0 Å². The molecule has 8 heteroatoms. The van der Waals surface area contributed by atoms with Crippen LogP contribution in [0.1, 0.15) is 84.0 Å². The van der Waals surface area contributed by atoms with E-state index in [1.807, 2.05) is 11.8 Å². The quantitative estimate of drug-likeness (QED) is 0.267. The third-order valence-corrected chi connectivity index (χ3v) is 9.89. The second-order valence-corrected chi connectivity index (χ2v) is 12.1. The lowest BCUT2D eigenvalue weighted by molar-refractivity contribution is -0.156. The first kappa shape index (κ1) is 29.8. The zero-order chi connectivity index (χ0) is 28.2. The molecule has 0 aromatic heterocycles. The standard InChI is InChI=1S/C31H49N3O5/c1-5-19-32(4)27(36)24-25-28(37)34(21-13-8-9-14-22-35)26(31(25)18-17-30(24,7-3)39-31)29(38)33(20-6-2)23-15-11-10-12-16-23/h5-6,23-26,35H,1-2,7-22H2,3-4H3/t24-,25-,26?,30+,31?/m0/s1. The number of fused-ring (bicyclic) bond motifs is 1. The minimum absolute atomic E-state index is 0.0487. The van der Waals surface area contributed by atoms with Crippen molar-refractivity contribution in [2.24, 2.45) is 11.8 Å². The number of aliphatic hydroxyl groups excluding tert-OH is 1. The molecule has 5 atom stereocenters. The molecule has 3 saturated heterocycles. The number of hydrogen-bond donors (Lipinski definition) is 1. The SMILES string of the molecule is C=CCN(C)C(=O)[C@@H]1[C@H]2C(=O)N(CCCCCCO)C(C(=O)N(CC=C)C3CCCCC3)C23CC[C@@]1(CC)O3. The van der Waals surface area contributed by atoms with E-state index in [4.69, 9.17) is 4.74 Å². The van der Waals surface area contributed by atoms with E-state index >= 15 is 0 Å². The molecular weight excluding hydrogens is 494 g/mol. The highest BCUT2D eigenvalue weighted by Gasteiger charge is 2.79. The Bertz CT molecular complexity index is 933. The topological polar surface area (TPSA) is 90.4 Å². The fourth-order valence-electron chi connectivity index (χ4n) is 7.99. The summed E-state index contributed by atoms with van der Waals surface area (Å²) in [7, 11) is 1.75. The first-order valence-electron chi connectivity index (χ1n) is 15.2. The molecule has 2 bridgehead atoms. The van der Waals surface area contributed by atoms with E-state index in [1.54, 1.807) is 29.0 Å². The first-order valence-corrected chi connectivity index (χ1v) is 15.2. The summed E-state index contributed by atoms with van der Waals surface area (Å²) in [5, 5.41) is 9.18. The van der Waals surface area contributed by atoms with Crippen LogP contribution in [0.4, 0.5) is 0 Å². The van der Waals surface area contributed by atoms with Crippen LogP contribution in [0, 0.1) is 11.8 Å². The molecule has 3 amide bonds. The normalized spacial score (nSPS) is 31.8. The molecule has 1 N–H and O–H groups in total. The predicted molar refractivity (Wildman–Crippen MR) is 151 cm³/mol. The van der Waals surface area contributed by atoms with E-state index in [0.29, 0.717) is 38.9 Å². The van der Waals surface area contributed by atoms with Crippen LogP contribution < -0.4 is 0 Å². The Morgan fingerprint density at radius 2 is 1.74 bits per heavy atom. The molecule has 4 fully saturated rings. The van der Waals surface area contributed by atoms with Crippen molar-refractivity contribution < 1.29 is 24.2 Å². The van der Waals surface area contributed by atoms with Crippen LogP contribution in [0.5, 0.6) is 0 Å². The van der Waals surface area contributed by atoms with Gasteiger partial charge in [0, 0.05) is 39.3 Å². The van der Waals surface area contributed by atoms with E-state index in [2.05, 4.69) is 13.2 Å². The van der Waals surface area contributed by atoms with Gasteiger partial charge in [0.15, 0.2) is 0 Å². The maximum absolute atomic E-state index is 14.6. The number of ether oxygens (including phenoxy) is 1. The summed E-state index contributed by atoms with van der Waals surface area (Å²) in [5.41, 5.74) is -1.72. The molecule has 3 aliphatic heterocycles. The Kier molecular flexibility index (Phi) is 9.58. The van der Waals surface area contributed by atoms with E-state index in [-0.39, 0.29) is 30.4 Å². The summed E-state index contributed by atoms with van der Waals surface area (Å²) >= 11 is 0. The maximum atomic E-state index is 14.6. The van der Waals surface area contributed by atoms with Gasteiger partial charge in [-0.2, -0.15) is 0 Å². The van der Waals surface area contributed by atoms with Crippen molar-refractivity contribution in [2.45, 2.75) is 107 Å². The Labute approximate surface area is 234 Å². The Morgan fingerprint density at radius 1 is 1.05 bits per heavy atom. The van der Waals surface area contributed by atoms with Crippen LogP contribution in [0.25, 0.3) is 0 Å². The molecule has 1 aliphatic carbocycles. The van der Waals surface area contributed by atoms with E-state index in [0.717, 1.165) is 51.4 Å². The van der Waals surface area contributed by atoms with Crippen LogP contribution in [-0.2, 0) is 19.1 Å². The van der Waals surface area contributed by atoms with Gasteiger partial charge in [-0.25, -0.2) is 0 Å². The second kappa shape index (κ2) is 12.5. The molecule has 39 heavy (non-hydrogen) atoms. The number of aliphatic hydroxyl groups is 1. The maximum Gasteiger partial charge on any atom is 0.248 e. The molecule has 3 heterocycles. The molecule has 8 nitrogen and oxygen atoms in total. The third kappa shape index (κ3) is 5.19. The lowest BCUT2D eigenvalue weighted by Crippen LogP contribution is -2.58. The summed E-state index contributed by atoms with van der Waals surface area (Å²) in [6, 6.07) is -0.596. The second-order valence-electron chi connectivity index (χ2n) is 12.1. The zero-order valence-electron chi connectivity index (χ0n) is 24.1. The minimum atomic E-state index is -0.987. The van der Waals surface area contributed by atoms with Gasteiger partial charge in [0.1, 0.15) is 11.6 Å². The molecule has 0 aromatic carbocycles. The minimum Gasteiger partial charge on any atom is -0.396 e. The number of rotatable bonds is 14. The summed E-state index contributed by atoms with van der Waals surface area (Å²) in [4.78, 5) is 48.2. The number of carbonyl (C=O) groups is 3. The van der Waals surface area contributed by atoms with Gasteiger partial charge in [-0.3, -0.25) is 14.4 Å². The highest BCUT2D eigenvalue weighted by molar-refractivity contribution is 5.99. The monoisotopic (exact) mass is 543 g/mol. The number of hydrogen-bond acceptors (Lipinski definition) is 5. The van der Waals surface area contributed by atoms with Gasteiger partial charge in [0.25, 0.3) is 0 Å².